The minimum Gasteiger partial charge on any atom is -0.480 e. The predicted octanol–water partition coefficient (Wildman–Crippen LogP) is -0.943. The van der Waals surface area contributed by atoms with Crippen molar-refractivity contribution >= 4 is 23.9 Å². The maximum atomic E-state index is 10.3. The Morgan fingerprint density at radius 2 is 1.31 bits per heavy atom. The smallest absolute Gasteiger partial charge is 0.320 e. The zero-order valence-electron chi connectivity index (χ0n) is 19.0. The molecule has 0 aromatic heterocycles. The number of nitrogens with two attached hydrogens (primary N) is 4. The number of carboxylic acids is 3. The second kappa shape index (κ2) is 21.7. The third kappa shape index (κ3) is 23.8. The summed E-state index contributed by atoms with van der Waals surface area (Å²) in [6.45, 7) is 4.44. The fourth-order valence-electron chi connectivity index (χ4n) is 1.93. The Labute approximate surface area is 189 Å². The molecule has 190 valence electrons. The second-order valence-electron chi connectivity index (χ2n) is 7.19. The molecule has 0 spiro atoms. The average molecular weight is 467 g/mol. The van der Waals surface area contributed by atoms with Gasteiger partial charge in [-0.3, -0.25) is 19.8 Å². The van der Waals surface area contributed by atoms with Crippen LogP contribution in [-0.2, 0) is 14.4 Å². The van der Waals surface area contributed by atoms with Crippen molar-refractivity contribution in [2.45, 2.75) is 76.9 Å². The molecule has 0 aliphatic rings. The molecule has 0 saturated carbocycles. The van der Waals surface area contributed by atoms with Gasteiger partial charge in [0.15, 0.2) is 5.96 Å². The Balaban J connectivity index is -0.000000403. The summed E-state index contributed by atoms with van der Waals surface area (Å²) in [4.78, 5) is 30.6. The molecule has 13 nitrogen and oxygen atoms in total. The van der Waals surface area contributed by atoms with Crippen LogP contribution in [0.4, 0.5) is 0 Å². The molecule has 0 aromatic carbocycles. The van der Waals surface area contributed by atoms with Crippen molar-refractivity contribution in [1.82, 2.24) is 5.32 Å². The van der Waals surface area contributed by atoms with Gasteiger partial charge in [-0.15, -0.1) is 0 Å². The predicted molar refractivity (Wildman–Crippen MR) is 121 cm³/mol. The number of carbonyl (C=O) groups is 3. The van der Waals surface area contributed by atoms with Crippen LogP contribution < -0.4 is 28.3 Å². The summed E-state index contributed by atoms with van der Waals surface area (Å²) < 4.78 is 0. The van der Waals surface area contributed by atoms with Crippen molar-refractivity contribution in [3.63, 3.8) is 0 Å². The van der Waals surface area contributed by atoms with Crippen LogP contribution in [-0.4, -0.2) is 75.6 Å². The van der Waals surface area contributed by atoms with Crippen molar-refractivity contribution < 1.29 is 34.8 Å². The van der Waals surface area contributed by atoms with Crippen LogP contribution in [0.3, 0.4) is 0 Å². The van der Waals surface area contributed by atoms with Gasteiger partial charge in [-0.1, -0.05) is 20.3 Å². The molecule has 0 amide bonds. The van der Waals surface area contributed by atoms with Gasteiger partial charge >= 0.3 is 17.9 Å². The van der Waals surface area contributed by atoms with Crippen LogP contribution in [0.25, 0.3) is 0 Å². The Morgan fingerprint density at radius 1 is 0.875 bits per heavy atom. The summed E-state index contributed by atoms with van der Waals surface area (Å²) in [7, 11) is 0. The first-order valence-electron chi connectivity index (χ1n) is 10.5. The van der Waals surface area contributed by atoms with Crippen LogP contribution >= 0.6 is 0 Å². The van der Waals surface area contributed by atoms with Gasteiger partial charge in [-0.05, 0) is 44.4 Å². The molecule has 32 heavy (non-hydrogen) atoms. The van der Waals surface area contributed by atoms with E-state index in [0.29, 0.717) is 38.6 Å². The van der Waals surface area contributed by atoms with Crippen molar-refractivity contribution in [2.24, 2.45) is 28.9 Å². The summed E-state index contributed by atoms with van der Waals surface area (Å²) in [6.07, 6.45) is 4.48. The van der Waals surface area contributed by atoms with E-state index < -0.39 is 36.0 Å². The van der Waals surface area contributed by atoms with Crippen LogP contribution in [0.5, 0.6) is 0 Å². The summed E-state index contributed by atoms with van der Waals surface area (Å²) in [5.74, 6) is -2.85. The van der Waals surface area contributed by atoms with E-state index >= 15 is 0 Å². The third-order valence-corrected chi connectivity index (χ3v) is 4.36. The fourth-order valence-corrected chi connectivity index (χ4v) is 1.93. The van der Waals surface area contributed by atoms with E-state index in [1.807, 2.05) is 13.8 Å². The highest BCUT2D eigenvalue weighted by Gasteiger charge is 2.17. The van der Waals surface area contributed by atoms with Gasteiger partial charge in [0.05, 0.1) is 0 Å². The Hall–Kier alpha value is -2.48. The van der Waals surface area contributed by atoms with E-state index in [-0.39, 0.29) is 18.5 Å². The minimum absolute atomic E-state index is 0.0671. The van der Waals surface area contributed by atoms with E-state index in [4.69, 9.17) is 48.8 Å². The highest BCUT2D eigenvalue weighted by molar-refractivity contribution is 5.74. The maximum Gasteiger partial charge on any atom is 0.320 e. The lowest BCUT2D eigenvalue weighted by Gasteiger charge is -2.11. The highest BCUT2D eigenvalue weighted by atomic mass is 16.4. The lowest BCUT2D eigenvalue weighted by atomic mass is 10.0. The van der Waals surface area contributed by atoms with Crippen molar-refractivity contribution in [3.8, 4) is 0 Å². The zero-order valence-corrected chi connectivity index (χ0v) is 19.0. The van der Waals surface area contributed by atoms with Crippen LogP contribution in [0, 0.1) is 11.3 Å². The highest BCUT2D eigenvalue weighted by Crippen LogP contribution is 2.04. The first-order chi connectivity index (χ1) is 14.8. The lowest BCUT2D eigenvalue weighted by molar-refractivity contribution is -0.140. The molecular weight excluding hydrogens is 424 g/mol. The van der Waals surface area contributed by atoms with Gasteiger partial charge in [0, 0.05) is 13.2 Å². The van der Waals surface area contributed by atoms with E-state index in [1.54, 1.807) is 0 Å². The molecule has 13 heteroatoms. The van der Waals surface area contributed by atoms with E-state index in [1.165, 1.54) is 0 Å². The van der Waals surface area contributed by atoms with E-state index in [9.17, 15) is 14.4 Å². The zero-order chi connectivity index (χ0) is 25.7. The number of rotatable bonds is 14. The number of aliphatic hydroxyl groups is 1. The Kier molecular flexibility index (Phi) is 23.2. The topological polar surface area (TPSA) is 272 Å². The molecule has 0 rings (SSSR count). The largest absolute Gasteiger partial charge is 0.480 e. The third-order valence-electron chi connectivity index (χ3n) is 4.36. The molecule has 0 radical (unpaired) electrons. The van der Waals surface area contributed by atoms with Crippen molar-refractivity contribution in [1.29, 1.82) is 5.41 Å². The summed E-state index contributed by atoms with van der Waals surface area (Å²) in [5.41, 5.74) is 20.8. The number of aliphatic hydroxyl groups excluding tert-OH is 1. The molecule has 14 N–H and O–H groups in total. The molecule has 0 fully saturated rings. The molecule has 4 atom stereocenters. The average Bonchev–Trinajstić information content (AvgIpc) is 2.72. The number of aliphatic carboxylic acids is 3. The number of guanidine groups is 1. The van der Waals surface area contributed by atoms with Crippen LogP contribution in [0.1, 0.15) is 58.8 Å². The van der Waals surface area contributed by atoms with Gasteiger partial charge in [0.25, 0.3) is 0 Å². The lowest BCUT2D eigenvalue weighted by Crippen LogP contribution is -2.36. The molecule has 1 unspecified atom stereocenters. The summed E-state index contributed by atoms with van der Waals surface area (Å²) >= 11 is 0. The number of nitrogens with one attached hydrogen (secondary N) is 2. The SMILES string of the molecule is CC[C@@H](C)[C@@H](N)C(=O)O.N=C(N)NCCCC[C@@H](N)C(=O)O.NC(CCCCO)C(=O)O. The fraction of sp³-hybridized carbons (Fsp3) is 0.789. The van der Waals surface area contributed by atoms with Gasteiger partial charge in [-0.25, -0.2) is 0 Å². The monoisotopic (exact) mass is 466 g/mol. The summed E-state index contributed by atoms with van der Waals surface area (Å²) in [5, 5.41) is 42.9. The normalized spacial score (nSPS) is 13.7. The van der Waals surface area contributed by atoms with Crippen molar-refractivity contribution in [2.75, 3.05) is 13.2 Å². The van der Waals surface area contributed by atoms with Gasteiger partial charge in [-0.2, -0.15) is 0 Å². The minimum atomic E-state index is -0.974. The number of carboxylic acid groups (broad SMARTS) is 3. The first kappa shape index (κ1) is 34.1. The number of hydrogen-bond acceptors (Lipinski definition) is 8. The number of unbranched alkanes of at least 4 members (excludes halogenated alkanes) is 2. The Bertz CT molecular complexity index is 536. The van der Waals surface area contributed by atoms with Crippen molar-refractivity contribution in [3.05, 3.63) is 0 Å². The first-order valence-corrected chi connectivity index (χ1v) is 10.5. The molecule has 0 bridgehead atoms. The molecule has 0 aromatic rings. The molecule has 0 aliphatic carbocycles. The van der Waals surface area contributed by atoms with Gasteiger partial charge in [0.1, 0.15) is 18.1 Å². The van der Waals surface area contributed by atoms with Gasteiger partial charge in [0.2, 0.25) is 0 Å². The standard InChI is InChI=1S/C7H16N4O2.C6H13NO3.C6H13NO2/c8-5(6(12)13)3-1-2-4-11-7(9)10;7-5(6(9)10)3-1-2-4-8;1-3-4(2)5(7)6(8)9/h5H,1-4,8H2,(H,12,13)(H4,9,10,11);5,8H,1-4,7H2,(H,9,10);4-5H,3,7H2,1-2H3,(H,8,9)/t5-;;4-,5-/m1.1/s1. The maximum absolute atomic E-state index is 10.3. The van der Waals surface area contributed by atoms with E-state index in [0.717, 1.165) is 12.8 Å². The molecule has 0 saturated heterocycles. The number of hydrogen-bond donors (Lipinski definition) is 10. The molecular formula is C19H42N6O7. The molecule has 0 aliphatic heterocycles. The molecule has 0 heterocycles. The van der Waals surface area contributed by atoms with Crippen LogP contribution in [0.2, 0.25) is 0 Å². The Morgan fingerprint density at radius 3 is 1.59 bits per heavy atom. The van der Waals surface area contributed by atoms with Gasteiger partial charge < -0.3 is 48.7 Å². The summed E-state index contributed by atoms with van der Waals surface area (Å²) in [6, 6.07) is -2.25. The van der Waals surface area contributed by atoms with E-state index in [2.05, 4.69) is 5.32 Å². The second-order valence-corrected chi connectivity index (χ2v) is 7.19. The van der Waals surface area contributed by atoms with Crippen LogP contribution in [0.15, 0.2) is 0 Å². The quantitative estimate of drug-likeness (QED) is 0.0843.